The molecule has 3 aromatic heterocycles. The van der Waals surface area contributed by atoms with Gasteiger partial charge in [-0.3, -0.25) is 14.5 Å². The van der Waals surface area contributed by atoms with Gasteiger partial charge >= 0.3 is 0 Å². The lowest BCUT2D eigenvalue weighted by Crippen LogP contribution is -2.08. The summed E-state index contributed by atoms with van der Waals surface area (Å²) in [5.41, 5.74) is 1.54. The fourth-order valence-electron chi connectivity index (χ4n) is 3.33. The molecule has 2 N–H and O–H groups in total. The van der Waals surface area contributed by atoms with E-state index in [1.807, 2.05) is 12.1 Å². The standard InChI is InChI=1S/C23H20Cl2N6O3/c1-5-19(32)28-15-11-31(2)30-23(15)29-18-7-13-9-26-14(6-12(13)10-27-18)20-21(24)16(33-3)8-17(34-4)22(20)25/h5-11H,1H2,2-4H3,(H,28,32)(H,27,29,30). The molecule has 4 rings (SSSR count). The zero-order chi connectivity index (χ0) is 24.4. The molecular weight excluding hydrogens is 479 g/mol. The first kappa shape index (κ1) is 23.3. The van der Waals surface area contributed by atoms with Crippen molar-refractivity contribution in [3.05, 3.63) is 59.5 Å². The lowest BCUT2D eigenvalue weighted by Gasteiger charge is -2.14. The molecule has 0 unspecified atom stereocenters. The number of carbonyl (C=O) groups excluding carboxylic acids is 1. The molecule has 0 radical (unpaired) electrons. The first-order valence-corrected chi connectivity index (χ1v) is 10.7. The summed E-state index contributed by atoms with van der Waals surface area (Å²) in [6.45, 7) is 3.46. The Morgan fingerprint density at radius 3 is 2.35 bits per heavy atom. The fraction of sp³-hybridized carbons (Fsp3) is 0.130. The molecule has 0 saturated heterocycles. The first-order valence-electron chi connectivity index (χ1n) is 9.94. The number of pyridine rings is 2. The van der Waals surface area contributed by atoms with Crippen LogP contribution in [0.4, 0.5) is 17.3 Å². The van der Waals surface area contributed by atoms with Crippen molar-refractivity contribution in [1.29, 1.82) is 0 Å². The van der Waals surface area contributed by atoms with Crippen LogP contribution in [-0.2, 0) is 11.8 Å². The van der Waals surface area contributed by atoms with Gasteiger partial charge in [0.2, 0.25) is 5.91 Å². The summed E-state index contributed by atoms with van der Waals surface area (Å²) in [7, 11) is 4.78. The highest BCUT2D eigenvalue weighted by atomic mass is 35.5. The molecule has 0 fully saturated rings. The maximum absolute atomic E-state index is 11.7. The van der Waals surface area contributed by atoms with E-state index in [0.29, 0.717) is 50.1 Å². The van der Waals surface area contributed by atoms with Gasteiger partial charge in [0.05, 0.1) is 36.2 Å². The van der Waals surface area contributed by atoms with Gasteiger partial charge < -0.3 is 20.1 Å². The summed E-state index contributed by atoms with van der Waals surface area (Å²) >= 11 is 13.1. The third kappa shape index (κ3) is 4.48. The Labute approximate surface area is 205 Å². The van der Waals surface area contributed by atoms with Crippen LogP contribution in [-0.4, -0.2) is 39.9 Å². The summed E-state index contributed by atoms with van der Waals surface area (Å²) in [6.07, 6.45) is 6.24. The van der Waals surface area contributed by atoms with E-state index < -0.39 is 0 Å². The van der Waals surface area contributed by atoms with Crippen molar-refractivity contribution in [2.24, 2.45) is 7.05 Å². The number of halogens is 2. The second-order valence-corrected chi connectivity index (χ2v) is 7.91. The number of ether oxygens (including phenoxy) is 2. The molecular formula is C23H20Cl2N6O3. The van der Waals surface area contributed by atoms with E-state index in [0.717, 1.165) is 10.8 Å². The van der Waals surface area contributed by atoms with Gasteiger partial charge in [0.25, 0.3) is 0 Å². The number of rotatable bonds is 7. The minimum atomic E-state index is -0.342. The van der Waals surface area contributed by atoms with Crippen LogP contribution in [0.3, 0.4) is 0 Å². The second kappa shape index (κ2) is 9.58. The smallest absolute Gasteiger partial charge is 0.247 e. The van der Waals surface area contributed by atoms with Crippen molar-refractivity contribution in [2.75, 3.05) is 24.9 Å². The van der Waals surface area contributed by atoms with Gasteiger partial charge in [-0.25, -0.2) is 4.98 Å². The number of anilines is 3. The molecule has 0 aliphatic rings. The van der Waals surface area contributed by atoms with Crippen molar-refractivity contribution in [3.63, 3.8) is 0 Å². The van der Waals surface area contributed by atoms with Crippen LogP contribution in [0.15, 0.2) is 49.4 Å². The maximum Gasteiger partial charge on any atom is 0.247 e. The summed E-state index contributed by atoms with van der Waals surface area (Å²) in [5, 5.41) is 12.4. The quantitative estimate of drug-likeness (QED) is 0.336. The van der Waals surface area contributed by atoms with Crippen molar-refractivity contribution < 1.29 is 14.3 Å². The minimum Gasteiger partial charge on any atom is -0.495 e. The Kier molecular flexibility index (Phi) is 6.58. The van der Waals surface area contributed by atoms with Gasteiger partial charge in [-0.15, -0.1) is 0 Å². The largest absolute Gasteiger partial charge is 0.495 e. The Bertz CT molecular complexity index is 1390. The van der Waals surface area contributed by atoms with Crippen LogP contribution in [0.5, 0.6) is 11.5 Å². The fourth-order valence-corrected chi connectivity index (χ4v) is 4.02. The molecule has 9 nitrogen and oxygen atoms in total. The van der Waals surface area contributed by atoms with Gasteiger partial charge in [0, 0.05) is 41.8 Å². The number of fused-ring (bicyclic) bond motifs is 1. The number of hydrogen-bond acceptors (Lipinski definition) is 7. The molecule has 0 atom stereocenters. The SMILES string of the molecule is C=CC(=O)Nc1cn(C)nc1Nc1cc2cnc(-c3c(Cl)c(OC)cc(OC)c3Cl)cc2cn1. The molecule has 1 aromatic carbocycles. The third-order valence-corrected chi connectivity index (χ3v) is 5.70. The summed E-state index contributed by atoms with van der Waals surface area (Å²) < 4.78 is 12.3. The van der Waals surface area contributed by atoms with E-state index in [1.54, 1.807) is 36.4 Å². The number of aromatic nitrogens is 4. The normalized spacial score (nSPS) is 10.7. The van der Waals surface area contributed by atoms with E-state index in [2.05, 4.69) is 32.3 Å². The minimum absolute atomic E-state index is 0.329. The lowest BCUT2D eigenvalue weighted by atomic mass is 10.1. The third-order valence-electron chi connectivity index (χ3n) is 4.95. The van der Waals surface area contributed by atoms with E-state index in [4.69, 9.17) is 32.7 Å². The Morgan fingerprint density at radius 1 is 1.06 bits per heavy atom. The second-order valence-electron chi connectivity index (χ2n) is 7.15. The van der Waals surface area contributed by atoms with E-state index in [1.165, 1.54) is 20.3 Å². The Hall–Kier alpha value is -3.82. The van der Waals surface area contributed by atoms with Crippen molar-refractivity contribution in [3.8, 4) is 22.8 Å². The summed E-state index contributed by atoms with van der Waals surface area (Å²) in [4.78, 5) is 20.7. The highest BCUT2D eigenvalue weighted by Crippen LogP contribution is 2.45. The number of nitrogens with zero attached hydrogens (tertiary/aromatic N) is 4. The van der Waals surface area contributed by atoms with Gasteiger partial charge in [0.1, 0.15) is 23.0 Å². The predicted octanol–water partition coefficient (Wildman–Crippen LogP) is 5.22. The molecule has 11 heteroatoms. The van der Waals surface area contributed by atoms with Gasteiger partial charge in [-0.05, 0) is 18.2 Å². The van der Waals surface area contributed by atoms with Crippen LogP contribution in [0.25, 0.3) is 22.0 Å². The molecule has 4 aromatic rings. The van der Waals surface area contributed by atoms with Gasteiger partial charge in [-0.1, -0.05) is 29.8 Å². The van der Waals surface area contributed by atoms with Crippen molar-refractivity contribution in [1.82, 2.24) is 19.7 Å². The molecule has 1 amide bonds. The van der Waals surface area contributed by atoms with E-state index in [9.17, 15) is 4.79 Å². The average Bonchev–Trinajstić information content (AvgIpc) is 3.17. The van der Waals surface area contributed by atoms with Crippen molar-refractivity contribution >= 4 is 57.2 Å². The number of carbonyl (C=O) groups is 1. The molecule has 3 heterocycles. The van der Waals surface area contributed by atoms with Gasteiger partial charge in [0.15, 0.2) is 5.82 Å². The van der Waals surface area contributed by atoms with Crippen molar-refractivity contribution in [2.45, 2.75) is 0 Å². The molecule has 0 aliphatic carbocycles. The topological polar surface area (TPSA) is 103 Å². The van der Waals surface area contributed by atoms with Crippen LogP contribution in [0.1, 0.15) is 0 Å². The highest BCUT2D eigenvalue weighted by molar-refractivity contribution is 6.41. The van der Waals surface area contributed by atoms with Gasteiger partial charge in [-0.2, -0.15) is 5.10 Å². The number of methoxy groups -OCH3 is 2. The lowest BCUT2D eigenvalue weighted by molar-refractivity contribution is -0.111. The average molecular weight is 499 g/mol. The number of benzene rings is 1. The van der Waals surface area contributed by atoms with E-state index >= 15 is 0 Å². The van der Waals surface area contributed by atoms with Crippen LogP contribution in [0.2, 0.25) is 10.0 Å². The molecule has 174 valence electrons. The van der Waals surface area contributed by atoms with Crippen LogP contribution < -0.4 is 20.1 Å². The molecule has 0 aliphatic heterocycles. The maximum atomic E-state index is 11.7. The molecule has 0 bridgehead atoms. The predicted molar refractivity (Wildman–Crippen MR) is 133 cm³/mol. The van der Waals surface area contributed by atoms with Crippen LogP contribution in [0, 0.1) is 0 Å². The molecule has 0 spiro atoms. The van der Waals surface area contributed by atoms with E-state index in [-0.39, 0.29) is 5.91 Å². The molecule has 0 saturated carbocycles. The molecule has 34 heavy (non-hydrogen) atoms. The monoisotopic (exact) mass is 498 g/mol. The number of nitrogens with one attached hydrogen (secondary N) is 2. The first-order chi connectivity index (χ1) is 16.3. The number of aryl methyl sites for hydroxylation is 1. The zero-order valence-corrected chi connectivity index (χ0v) is 20.0. The zero-order valence-electron chi connectivity index (χ0n) is 18.5. The number of amides is 1. The van der Waals surface area contributed by atoms with Crippen LogP contribution >= 0.6 is 23.2 Å². The Balaban J connectivity index is 1.70. The Morgan fingerprint density at radius 2 is 1.71 bits per heavy atom. The highest BCUT2D eigenvalue weighted by Gasteiger charge is 2.20. The number of hydrogen-bond donors (Lipinski definition) is 2. The summed E-state index contributed by atoms with van der Waals surface area (Å²) in [5.74, 6) is 1.47. The summed E-state index contributed by atoms with van der Waals surface area (Å²) in [6, 6.07) is 5.27.